The number of nitrogens with zero attached hydrogens (tertiary/aromatic N) is 3. The second-order valence-corrected chi connectivity index (χ2v) is 7.06. The molecule has 3 rings (SSSR count). The molecule has 0 atom stereocenters. The molecule has 1 aromatic heterocycles. The zero-order valence-corrected chi connectivity index (χ0v) is 17.8. The first-order valence-corrected chi connectivity index (χ1v) is 9.85. The Hall–Kier alpha value is -3.27. The fraction of sp³-hybridized carbons (Fsp3) is 0.136. The third-order valence-electron chi connectivity index (χ3n) is 4.18. The molecule has 0 saturated carbocycles. The lowest BCUT2D eigenvalue weighted by Crippen LogP contribution is -2.13. The second-order valence-electron chi connectivity index (χ2n) is 6.26. The summed E-state index contributed by atoms with van der Waals surface area (Å²) in [6.45, 7) is 4.19. The third kappa shape index (κ3) is 4.82. The summed E-state index contributed by atoms with van der Waals surface area (Å²) in [6.07, 6.45) is 1.43. The van der Waals surface area contributed by atoms with Crippen LogP contribution in [0.1, 0.15) is 18.2 Å². The van der Waals surface area contributed by atoms with Gasteiger partial charge in [0.15, 0.2) is 0 Å². The zero-order chi connectivity index (χ0) is 21.7. The highest BCUT2D eigenvalue weighted by atomic mass is 35.5. The molecular weight excluding hydrogens is 423 g/mol. The van der Waals surface area contributed by atoms with Gasteiger partial charge in [-0.2, -0.15) is 10.4 Å². The number of halogens is 2. The maximum Gasteiger partial charge on any atom is 0.266 e. The van der Waals surface area contributed by atoms with Crippen molar-refractivity contribution in [2.45, 2.75) is 13.8 Å². The van der Waals surface area contributed by atoms with E-state index in [2.05, 4.69) is 10.4 Å². The highest BCUT2D eigenvalue weighted by Crippen LogP contribution is 2.27. The molecule has 0 aliphatic heterocycles. The van der Waals surface area contributed by atoms with Gasteiger partial charge >= 0.3 is 0 Å². The summed E-state index contributed by atoms with van der Waals surface area (Å²) in [7, 11) is 0. The summed E-state index contributed by atoms with van der Waals surface area (Å²) in [5.74, 6) is 0.148. The highest BCUT2D eigenvalue weighted by molar-refractivity contribution is 6.32. The molecule has 152 valence electrons. The van der Waals surface area contributed by atoms with E-state index in [0.717, 1.165) is 0 Å². The first-order valence-electron chi connectivity index (χ1n) is 9.10. The minimum absolute atomic E-state index is 0.0977. The van der Waals surface area contributed by atoms with Gasteiger partial charge in [-0.25, -0.2) is 4.68 Å². The lowest BCUT2D eigenvalue weighted by atomic mass is 10.1. The molecule has 6 nitrogen and oxygen atoms in total. The Morgan fingerprint density at radius 1 is 1.27 bits per heavy atom. The first kappa shape index (κ1) is 21.4. The Bertz CT molecular complexity index is 1140. The van der Waals surface area contributed by atoms with Crippen LogP contribution in [-0.2, 0) is 4.79 Å². The van der Waals surface area contributed by atoms with Gasteiger partial charge in [-0.1, -0.05) is 29.3 Å². The number of nitrogens with one attached hydrogen (secondary N) is 1. The van der Waals surface area contributed by atoms with Crippen molar-refractivity contribution >= 4 is 40.9 Å². The molecule has 8 heteroatoms. The molecule has 0 bridgehead atoms. The van der Waals surface area contributed by atoms with E-state index < -0.39 is 5.91 Å². The number of ether oxygens (including phenoxy) is 1. The summed E-state index contributed by atoms with van der Waals surface area (Å²) in [4.78, 5) is 12.6. The molecule has 1 N–H and O–H groups in total. The normalized spacial score (nSPS) is 11.1. The van der Waals surface area contributed by atoms with Crippen molar-refractivity contribution in [3.63, 3.8) is 0 Å². The van der Waals surface area contributed by atoms with Crippen LogP contribution in [0.2, 0.25) is 10.2 Å². The lowest BCUT2D eigenvalue weighted by Gasteiger charge is -2.07. The lowest BCUT2D eigenvalue weighted by molar-refractivity contribution is -0.112. The predicted octanol–water partition coefficient (Wildman–Crippen LogP) is 5.43. The van der Waals surface area contributed by atoms with E-state index in [4.69, 9.17) is 27.9 Å². The van der Waals surface area contributed by atoms with Crippen molar-refractivity contribution < 1.29 is 9.53 Å². The molecule has 0 aliphatic rings. The summed E-state index contributed by atoms with van der Waals surface area (Å²) < 4.78 is 6.89. The quantitative estimate of drug-likeness (QED) is 0.409. The van der Waals surface area contributed by atoms with Crippen LogP contribution in [0.4, 0.5) is 5.69 Å². The molecule has 1 heterocycles. The number of aryl methyl sites for hydroxylation is 1. The average Bonchev–Trinajstić information content (AvgIpc) is 3.01. The number of carbonyl (C=O) groups is 1. The van der Waals surface area contributed by atoms with Crippen LogP contribution in [0, 0.1) is 18.3 Å². The Balaban J connectivity index is 1.87. The smallest absolute Gasteiger partial charge is 0.266 e. The highest BCUT2D eigenvalue weighted by Gasteiger charge is 2.17. The average molecular weight is 441 g/mol. The van der Waals surface area contributed by atoms with E-state index in [0.29, 0.717) is 40.0 Å². The van der Waals surface area contributed by atoms with E-state index in [1.165, 1.54) is 10.8 Å². The standard InChI is InChI=1S/C22H18Cl2N4O2/c1-3-30-19-9-7-17(8-10-19)26-22(29)15(13-25)11-20-14(2)27-28(21(20)24)18-6-4-5-16(23)12-18/h4-12H,3H2,1-2H3,(H,26,29). The van der Waals surface area contributed by atoms with Crippen molar-refractivity contribution in [1.29, 1.82) is 5.26 Å². The number of rotatable bonds is 6. The maximum atomic E-state index is 12.6. The van der Waals surface area contributed by atoms with E-state index in [1.807, 2.05) is 19.1 Å². The summed E-state index contributed by atoms with van der Waals surface area (Å²) in [5.41, 5.74) is 2.17. The fourth-order valence-electron chi connectivity index (χ4n) is 2.75. The number of hydrogen-bond acceptors (Lipinski definition) is 4. The van der Waals surface area contributed by atoms with Crippen LogP contribution in [0.25, 0.3) is 11.8 Å². The number of carbonyl (C=O) groups excluding carboxylic acids is 1. The molecule has 0 radical (unpaired) electrons. The second kappa shape index (κ2) is 9.49. The van der Waals surface area contributed by atoms with Crippen molar-refractivity contribution in [2.24, 2.45) is 0 Å². The van der Waals surface area contributed by atoms with Gasteiger partial charge in [0.05, 0.1) is 18.0 Å². The van der Waals surface area contributed by atoms with E-state index in [9.17, 15) is 10.1 Å². The topological polar surface area (TPSA) is 79.9 Å². The number of aromatic nitrogens is 2. The minimum atomic E-state index is -0.548. The van der Waals surface area contributed by atoms with Crippen molar-refractivity contribution in [2.75, 3.05) is 11.9 Å². The summed E-state index contributed by atoms with van der Waals surface area (Å²) in [6, 6.07) is 15.9. The monoisotopic (exact) mass is 440 g/mol. The number of hydrogen-bond donors (Lipinski definition) is 1. The van der Waals surface area contributed by atoms with Crippen LogP contribution in [0.3, 0.4) is 0 Å². The molecule has 0 aliphatic carbocycles. The summed E-state index contributed by atoms with van der Waals surface area (Å²) >= 11 is 12.5. The van der Waals surface area contributed by atoms with Gasteiger partial charge < -0.3 is 10.1 Å². The largest absolute Gasteiger partial charge is 0.494 e. The van der Waals surface area contributed by atoms with E-state index >= 15 is 0 Å². The van der Waals surface area contributed by atoms with Gasteiger partial charge in [0.1, 0.15) is 22.5 Å². The van der Waals surface area contributed by atoms with Crippen molar-refractivity contribution in [1.82, 2.24) is 9.78 Å². The summed E-state index contributed by atoms with van der Waals surface area (Å²) in [5, 5.41) is 17.4. The van der Waals surface area contributed by atoms with E-state index in [-0.39, 0.29) is 10.7 Å². The van der Waals surface area contributed by atoms with Gasteiger partial charge in [-0.15, -0.1) is 0 Å². The Morgan fingerprint density at radius 3 is 2.63 bits per heavy atom. The maximum absolute atomic E-state index is 12.6. The molecule has 0 saturated heterocycles. The molecular formula is C22H18Cl2N4O2. The van der Waals surface area contributed by atoms with Gasteiger partial charge in [0.25, 0.3) is 5.91 Å². The molecule has 0 spiro atoms. The van der Waals surface area contributed by atoms with E-state index in [1.54, 1.807) is 49.4 Å². The SMILES string of the molecule is CCOc1ccc(NC(=O)C(C#N)=Cc2c(C)nn(-c3cccc(Cl)c3)c2Cl)cc1. The van der Waals surface area contributed by atoms with Crippen LogP contribution in [0.5, 0.6) is 5.75 Å². The molecule has 0 fully saturated rings. The van der Waals surface area contributed by atoms with Crippen LogP contribution in [-0.4, -0.2) is 22.3 Å². The Kier molecular flexibility index (Phi) is 6.78. The molecule has 30 heavy (non-hydrogen) atoms. The van der Waals surface area contributed by atoms with Gasteiger partial charge in [0, 0.05) is 16.3 Å². The molecule has 2 aromatic carbocycles. The van der Waals surface area contributed by atoms with Gasteiger partial charge in [0.2, 0.25) is 0 Å². The Morgan fingerprint density at radius 2 is 2.00 bits per heavy atom. The molecule has 3 aromatic rings. The number of amides is 1. The first-order chi connectivity index (χ1) is 14.4. The third-order valence-corrected chi connectivity index (χ3v) is 4.78. The number of benzene rings is 2. The van der Waals surface area contributed by atoms with Gasteiger partial charge in [-0.3, -0.25) is 4.79 Å². The minimum Gasteiger partial charge on any atom is -0.494 e. The zero-order valence-electron chi connectivity index (χ0n) is 16.3. The number of anilines is 1. The predicted molar refractivity (Wildman–Crippen MR) is 118 cm³/mol. The molecule has 1 amide bonds. The molecule has 0 unspecified atom stereocenters. The number of nitriles is 1. The van der Waals surface area contributed by atoms with Crippen molar-refractivity contribution in [3.8, 4) is 17.5 Å². The van der Waals surface area contributed by atoms with Crippen LogP contribution >= 0.6 is 23.2 Å². The van der Waals surface area contributed by atoms with Crippen LogP contribution < -0.4 is 10.1 Å². The van der Waals surface area contributed by atoms with Gasteiger partial charge in [-0.05, 0) is 62.4 Å². The van der Waals surface area contributed by atoms with Crippen molar-refractivity contribution in [3.05, 3.63) is 75.5 Å². The Labute approximate surface area is 184 Å². The fourth-order valence-corrected chi connectivity index (χ4v) is 3.26. The van der Waals surface area contributed by atoms with Crippen LogP contribution in [0.15, 0.2) is 54.1 Å².